The summed E-state index contributed by atoms with van der Waals surface area (Å²) >= 11 is 0. The number of nitrogens with two attached hydrogens (primary N) is 1. The summed E-state index contributed by atoms with van der Waals surface area (Å²) in [6, 6.07) is 0.639. The second kappa shape index (κ2) is 3.51. The van der Waals surface area contributed by atoms with Gasteiger partial charge in [0.1, 0.15) is 0 Å². The maximum atomic E-state index is 5.40. The molecule has 0 saturated heterocycles. The second-order valence-corrected chi connectivity index (χ2v) is 2.42. The molecule has 0 aliphatic carbocycles. The van der Waals surface area contributed by atoms with Gasteiger partial charge in [-0.2, -0.15) is 0 Å². The van der Waals surface area contributed by atoms with Crippen LogP contribution in [0.25, 0.3) is 0 Å². The van der Waals surface area contributed by atoms with Crippen LogP contribution in [0.1, 0.15) is 19.3 Å². The number of allylic oxidation sites excluding steroid dienone is 1. The first-order chi connectivity index (χ1) is 4.43. The molecular weight excluding hydrogens is 112 g/mol. The minimum Gasteiger partial charge on any atom is -0.388 e. The van der Waals surface area contributed by atoms with Gasteiger partial charge in [0.05, 0.1) is 0 Å². The molecule has 3 N–H and O–H groups in total. The van der Waals surface area contributed by atoms with Gasteiger partial charge in [0, 0.05) is 6.04 Å². The van der Waals surface area contributed by atoms with Gasteiger partial charge in [0.15, 0.2) is 0 Å². The van der Waals surface area contributed by atoms with Crippen molar-refractivity contribution in [2.75, 3.05) is 6.54 Å². The van der Waals surface area contributed by atoms with Gasteiger partial charge in [0.25, 0.3) is 0 Å². The molecule has 0 bridgehead atoms. The van der Waals surface area contributed by atoms with Crippen molar-refractivity contribution < 1.29 is 0 Å². The van der Waals surface area contributed by atoms with E-state index < -0.39 is 0 Å². The molecule has 0 aromatic heterocycles. The predicted molar refractivity (Wildman–Crippen MR) is 39.0 cm³/mol. The monoisotopic (exact) mass is 126 g/mol. The fourth-order valence-corrected chi connectivity index (χ4v) is 1.10. The molecule has 52 valence electrons. The minimum atomic E-state index is 0.639. The lowest BCUT2D eigenvalue weighted by Gasteiger charge is -2.18. The fraction of sp³-hybridized carbons (Fsp3) is 0.714. The van der Waals surface area contributed by atoms with Gasteiger partial charge in [-0.1, -0.05) is 6.08 Å². The van der Waals surface area contributed by atoms with E-state index in [4.69, 9.17) is 5.73 Å². The van der Waals surface area contributed by atoms with Gasteiger partial charge in [-0.15, -0.1) is 0 Å². The van der Waals surface area contributed by atoms with Crippen molar-refractivity contribution in [2.45, 2.75) is 25.3 Å². The van der Waals surface area contributed by atoms with E-state index in [2.05, 4.69) is 11.4 Å². The van der Waals surface area contributed by atoms with Crippen LogP contribution in [0.5, 0.6) is 0 Å². The van der Waals surface area contributed by atoms with Gasteiger partial charge in [-0.05, 0) is 32.0 Å². The molecule has 0 aromatic carbocycles. The first kappa shape index (κ1) is 6.62. The predicted octanol–water partition coefficient (Wildman–Crippen LogP) is 0.601. The summed E-state index contributed by atoms with van der Waals surface area (Å²) in [6.45, 7) is 0.797. The first-order valence-corrected chi connectivity index (χ1v) is 3.54. The Morgan fingerprint density at radius 3 is 3.11 bits per heavy atom. The van der Waals surface area contributed by atoms with E-state index in [1.165, 1.54) is 12.8 Å². The molecule has 1 aliphatic heterocycles. The summed E-state index contributed by atoms with van der Waals surface area (Å²) in [5.74, 6) is 0. The van der Waals surface area contributed by atoms with Gasteiger partial charge >= 0.3 is 0 Å². The topological polar surface area (TPSA) is 38.0 Å². The summed E-state index contributed by atoms with van der Waals surface area (Å²) in [6.07, 6.45) is 7.74. The van der Waals surface area contributed by atoms with Crippen molar-refractivity contribution in [2.24, 2.45) is 5.73 Å². The maximum Gasteiger partial charge on any atom is 0.0270 e. The number of hydrogen-bond acceptors (Lipinski definition) is 2. The molecule has 2 heteroatoms. The third-order valence-corrected chi connectivity index (χ3v) is 1.65. The third kappa shape index (κ3) is 2.06. The molecular formula is C7H14N2. The first-order valence-electron chi connectivity index (χ1n) is 3.54. The lowest BCUT2D eigenvalue weighted by molar-refractivity contribution is 0.498. The van der Waals surface area contributed by atoms with E-state index in [1.807, 2.05) is 6.20 Å². The molecule has 1 atom stereocenters. The van der Waals surface area contributed by atoms with Crippen LogP contribution in [-0.4, -0.2) is 12.6 Å². The molecule has 1 rings (SSSR count). The van der Waals surface area contributed by atoms with Crippen molar-refractivity contribution in [3.8, 4) is 0 Å². The van der Waals surface area contributed by atoms with Gasteiger partial charge in [-0.25, -0.2) is 0 Å². The van der Waals surface area contributed by atoms with Crippen LogP contribution >= 0.6 is 0 Å². The van der Waals surface area contributed by atoms with E-state index in [-0.39, 0.29) is 0 Å². The number of hydrogen-bond donors (Lipinski definition) is 2. The summed E-state index contributed by atoms with van der Waals surface area (Å²) in [5, 5.41) is 3.26. The summed E-state index contributed by atoms with van der Waals surface area (Å²) < 4.78 is 0. The number of nitrogens with one attached hydrogen (secondary N) is 1. The lowest BCUT2D eigenvalue weighted by Crippen LogP contribution is -2.28. The average Bonchev–Trinajstić information content (AvgIpc) is 1.91. The van der Waals surface area contributed by atoms with Crippen molar-refractivity contribution in [1.29, 1.82) is 0 Å². The molecule has 1 heterocycles. The fourth-order valence-electron chi connectivity index (χ4n) is 1.10. The molecule has 0 aromatic rings. The summed E-state index contributed by atoms with van der Waals surface area (Å²) in [7, 11) is 0. The lowest BCUT2D eigenvalue weighted by atomic mass is 10.1. The second-order valence-electron chi connectivity index (χ2n) is 2.42. The van der Waals surface area contributed by atoms with E-state index in [0.717, 1.165) is 13.0 Å². The molecule has 9 heavy (non-hydrogen) atoms. The molecule has 0 fully saturated rings. The molecule has 0 radical (unpaired) electrons. The number of rotatable bonds is 2. The highest BCUT2D eigenvalue weighted by Gasteiger charge is 2.05. The Hall–Kier alpha value is -0.500. The van der Waals surface area contributed by atoms with E-state index in [1.54, 1.807) is 0 Å². The highest BCUT2D eigenvalue weighted by Crippen LogP contribution is 2.05. The van der Waals surface area contributed by atoms with Crippen LogP contribution in [0.4, 0.5) is 0 Å². The van der Waals surface area contributed by atoms with E-state index in [9.17, 15) is 0 Å². The van der Waals surface area contributed by atoms with E-state index in [0.29, 0.717) is 6.04 Å². The van der Waals surface area contributed by atoms with Crippen molar-refractivity contribution >= 4 is 0 Å². The van der Waals surface area contributed by atoms with Gasteiger partial charge in [0.2, 0.25) is 0 Å². The van der Waals surface area contributed by atoms with Crippen molar-refractivity contribution in [3.63, 3.8) is 0 Å². The highest BCUT2D eigenvalue weighted by atomic mass is 14.9. The molecule has 0 spiro atoms. The standard InChI is InChI=1S/C7H14N2/c8-5-4-7-3-1-2-6-9-7/h2,6-7,9H,1,3-5,8H2/t7-/m1/s1. The highest BCUT2D eigenvalue weighted by molar-refractivity contribution is 4.89. The average molecular weight is 126 g/mol. The summed E-state index contributed by atoms with van der Waals surface area (Å²) in [4.78, 5) is 0. The smallest absolute Gasteiger partial charge is 0.0270 e. The Balaban J connectivity index is 2.18. The van der Waals surface area contributed by atoms with Crippen LogP contribution in [0.3, 0.4) is 0 Å². The Morgan fingerprint density at radius 1 is 1.67 bits per heavy atom. The summed E-state index contributed by atoms with van der Waals surface area (Å²) in [5.41, 5.74) is 5.40. The SMILES string of the molecule is NCC[C@H]1CCC=CN1. The molecule has 2 nitrogen and oxygen atoms in total. The molecule has 1 aliphatic rings. The van der Waals surface area contributed by atoms with E-state index >= 15 is 0 Å². The minimum absolute atomic E-state index is 0.639. The zero-order valence-electron chi connectivity index (χ0n) is 5.64. The quantitative estimate of drug-likeness (QED) is 0.568. The van der Waals surface area contributed by atoms with Gasteiger partial charge in [-0.3, -0.25) is 0 Å². The van der Waals surface area contributed by atoms with Gasteiger partial charge < -0.3 is 11.1 Å². The third-order valence-electron chi connectivity index (χ3n) is 1.65. The molecule has 0 amide bonds. The Bertz CT molecular complexity index is 99.1. The van der Waals surface area contributed by atoms with Crippen LogP contribution in [0, 0.1) is 0 Å². The van der Waals surface area contributed by atoms with Crippen LogP contribution in [0.15, 0.2) is 12.3 Å². The zero-order chi connectivity index (χ0) is 6.53. The van der Waals surface area contributed by atoms with Crippen LogP contribution < -0.4 is 11.1 Å². The largest absolute Gasteiger partial charge is 0.388 e. The Morgan fingerprint density at radius 2 is 2.56 bits per heavy atom. The Kier molecular flexibility index (Phi) is 2.58. The zero-order valence-corrected chi connectivity index (χ0v) is 5.64. The van der Waals surface area contributed by atoms with Crippen LogP contribution in [0.2, 0.25) is 0 Å². The Labute approximate surface area is 56.1 Å². The molecule has 0 saturated carbocycles. The van der Waals surface area contributed by atoms with Crippen LogP contribution in [-0.2, 0) is 0 Å². The molecule has 0 unspecified atom stereocenters. The normalized spacial score (nSPS) is 25.7. The van der Waals surface area contributed by atoms with Crippen molar-refractivity contribution in [3.05, 3.63) is 12.3 Å². The van der Waals surface area contributed by atoms with Crippen molar-refractivity contribution in [1.82, 2.24) is 5.32 Å². The maximum absolute atomic E-state index is 5.40.